The third-order valence-electron chi connectivity index (χ3n) is 6.49. The molecule has 2 fully saturated rings. The fraction of sp³-hybridized carbons (Fsp3) is 0.480. The zero-order valence-corrected chi connectivity index (χ0v) is 18.3. The van der Waals surface area contributed by atoms with Gasteiger partial charge < -0.3 is 24.4 Å². The molecule has 0 aromatic heterocycles. The normalized spacial score (nSPS) is 21.7. The van der Waals surface area contributed by atoms with Crippen LogP contribution in [0.2, 0.25) is 0 Å². The van der Waals surface area contributed by atoms with Gasteiger partial charge in [-0.05, 0) is 61.2 Å². The van der Waals surface area contributed by atoms with E-state index < -0.39 is 0 Å². The van der Waals surface area contributed by atoms with E-state index in [9.17, 15) is 9.90 Å². The second-order valence-electron chi connectivity index (χ2n) is 8.66. The molecule has 0 bridgehead atoms. The standard InChI is InChI=1S/C25H32N2O4/c1-30-23-5-2-4-20(16-23)17-25(19-28)10-3-11-27(18-25)24(29)21-6-8-22(9-7-21)26-12-14-31-15-13-26/h2,4-9,16,28H,3,10-15,17-19H2,1H3/t25-/m0/s1. The molecule has 0 saturated carbocycles. The average molecular weight is 425 g/mol. The predicted molar refractivity (Wildman–Crippen MR) is 121 cm³/mol. The molecule has 6 nitrogen and oxygen atoms in total. The van der Waals surface area contributed by atoms with Gasteiger partial charge in [-0.3, -0.25) is 4.79 Å². The summed E-state index contributed by atoms with van der Waals surface area (Å²) in [6, 6.07) is 15.9. The van der Waals surface area contributed by atoms with Crippen molar-refractivity contribution in [2.75, 3.05) is 58.0 Å². The number of hydrogen-bond acceptors (Lipinski definition) is 5. The molecule has 0 radical (unpaired) electrons. The first kappa shape index (κ1) is 21.7. The summed E-state index contributed by atoms with van der Waals surface area (Å²) in [6.45, 7) is 4.58. The summed E-state index contributed by atoms with van der Waals surface area (Å²) in [6.07, 6.45) is 2.52. The Morgan fingerprint density at radius 1 is 1.13 bits per heavy atom. The lowest BCUT2D eigenvalue weighted by atomic mass is 9.75. The van der Waals surface area contributed by atoms with Crippen LogP contribution in [-0.2, 0) is 11.2 Å². The molecule has 0 aliphatic carbocycles. The number of benzene rings is 2. The lowest BCUT2D eigenvalue weighted by Crippen LogP contribution is -2.49. The summed E-state index contributed by atoms with van der Waals surface area (Å²) in [5, 5.41) is 10.3. The maximum Gasteiger partial charge on any atom is 0.253 e. The lowest BCUT2D eigenvalue weighted by molar-refractivity contribution is 0.0271. The van der Waals surface area contributed by atoms with Crippen LogP contribution >= 0.6 is 0 Å². The van der Waals surface area contributed by atoms with Gasteiger partial charge in [0, 0.05) is 42.8 Å². The van der Waals surface area contributed by atoms with E-state index in [4.69, 9.17) is 9.47 Å². The minimum absolute atomic E-state index is 0.0386. The van der Waals surface area contributed by atoms with Crippen molar-refractivity contribution >= 4 is 11.6 Å². The predicted octanol–water partition coefficient (Wildman–Crippen LogP) is 2.99. The highest BCUT2D eigenvalue weighted by Gasteiger charge is 2.37. The van der Waals surface area contributed by atoms with Gasteiger partial charge in [-0.1, -0.05) is 12.1 Å². The molecular formula is C25H32N2O4. The van der Waals surface area contributed by atoms with E-state index in [1.54, 1.807) is 7.11 Å². The van der Waals surface area contributed by atoms with Crippen molar-refractivity contribution in [1.29, 1.82) is 0 Å². The molecule has 6 heteroatoms. The number of carbonyl (C=O) groups excluding carboxylic acids is 1. The van der Waals surface area contributed by atoms with Gasteiger partial charge in [-0.15, -0.1) is 0 Å². The Morgan fingerprint density at radius 2 is 1.90 bits per heavy atom. The van der Waals surface area contributed by atoms with Crippen LogP contribution in [0.1, 0.15) is 28.8 Å². The molecule has 166 valence electrons. The first-order chi connectivity index (χ1) is 15.1. The quantitative estimate of drug-likeness (QED) is 0.773. The SMILES string of the molecule is COc1cccc(C[C@@]2(CO)CCCN(C(=O)c3ccc(N4CCOCC4)cc3)C2)c1. The minimum Gasteiger partial charge on any atom is -0.497 e. The Kier molecular flexibility index (Phi) is 6.78. The van der Waals surface area contributed by atoms with Crippen molar-refractivity contribution in [2.45, 2.75) is 19.3 Å². The van der Waals surface area contributed by atoms with Gasteiger partial charge in [0.05, 0.1) is 26.9 Å². The Labute approximate surface area is 184 Å². The van der Waals surface area contributed by atoms with Gasteiger partial charge in [-0.2, -0.15) is 0 Å². The number of rotatable bonds is 6. The van der Waals surface area contributed by atoms with Crippen molar-refractivity contribution in [3.05, 3.63) is 59.7 Å². The summed E-state index contributed by atoms with van der Waals surface area (Å²) in [4.78, 5) is 17.4. The Bertz CT molecular complexity index is 879. The van der Waals surface area contributed by atoms with Crippen LogP contribution in [0, 0.1) is 5.41 Å². The van der Waals surface area contributed by atoms with Crippen molar-refractivity contribution < 1.29 is 19.4 Å². The number of carbonyl (C=O) groups is 1. The van der Waals surface area contributed by atoms with Crippen LogP contribution in [0.3, 0.4) is 0 Å². The molecule has 1 atom stereocenters. The van der Waals surface area contributed by atoms with E-state index >= 15 is 0 Å². The molecule has 2 aliphatic heterocycles. The van der Waals surface area contributed by atoms with E-state index in [1.165, 1.54) is 0 Å². The molecule has 2 aliphatic rings. The van der Waals surface area contributed by atoms with Gasteiger partial charge in [0.2, 0.25) is 0 Å². The first-order valence-electron chi connectivity index (χ1n) is 11.1. The highest BCUT2D eigenvalue weighted by molar-refractivity contribution is 5.94. The summed E-state index contributed by atoms with van der Waals surface area (Å²) in [5.41, 5.74) is 2.62. The number of anilines is 1. The minimum atomic E-state index is -0.325. The smallest absolute Gasteiger partial charge is 0.253 e. The Balaban J connectivity index is 1.45. The summed E-state index contributed by atoms with van der Waals surface area (Å²) in [5.74, 6) is 0.853. The zero-order valence-electron chi connectivity index (χ0n) is 18.3. The number of methoxy groups -OCH3 is 1. The van der Waals surface area contributed by atoms with Gasteiger partial charge >= 0.3 is 0 Å². The molecule has 0 unspecified atom stereocenters. The molecular weight excluding hydrogens is 392 g/mol. The van der Waals surface area contributed by atoms with Gasteiger partial charge in [0.1, 0.15) is 5.75 Å². The number of aliphatic hydroxyl groups excluding tert-OH is 1. The van der Waals surface area contributed by atoms with Crippen molar-refractivity contribution in [3.63, 3.8) is 0 Å². The fourth-order valence-electron chi connectivity index (χ4n) is 4.74. The van der Waals surface area contributed by atoms with Crippen molar-refractivity contribution in [3.8, 4) is 5.75 Å². The van der Waals surface area contributed by atoms with Crippen LogP contribution in [0.4, 0.5) is 5.69 Å². The van der Waals surface area contributed by atoms with Crippen LogP contribution < -0.4 is 9.64 Å². The summed E-state index contributed by atoms with van der Waals surface area (Å²) in [7, 11) is 1.66. The average Bonchev–Trinajstić information content (AvgIpc) is 2.84. The molecule has 2 heterocycles. The zero-order chi connectivity index (χ0) is 21.7. The summed E-state index contributed by atoms with van der Waals surface area (Å²) < 4.78 is 10.8. The van der Waals surface area contributed by atoms with Crippen LogP contribution in [-0.4, -0.2) is 69.0 Å². The number of hydrogen-bond donors (Lipinski definition) is 1. The van der Waals surface area contributed by atoms with Crippen LogP contribution in [0.5, 0.6) is 5.75 Å². The number of aliphatic hydroxyl groups is 1. The van der Waals surface area contributed by atoms with Crippen molar-refractivity contribution in [2.24, 2.45) is 5.41 Å². The largest absolute Gasteiger partial charge is 0.497 e. The van der Waals surface area contributed by atoms with Gasteiger partial charge in [0.25, 0.3) is 5.91 Å². The molecule has 2 aromatic rings. The third-order valence-corrected chi connectivity index (χ3v) is 6.49. The molecule has 0 spiro atoms. The fourth-order valence-corrected chi connectivity index (χ4v) is 4.74. The second-order valence-corrected chi connectivity index (χ2v) is 8.66. The van der Waals surface area contributed by atoms with E-state index in [-0.39, 0.29) is 17.9 Å². The van der Waals surface area contributed by atoms with Crippen LogP contribution in [0.15, 0.2) is 48.5 Å². The van der Waals surface area contributed by atoms with Crippen LogP contribution in [0.25, 0.3) is 0 Å². The number of nitrogens with zero attached hydrogens (tertiary/aromatic N) is 2. The Morgan fingerprint density at radius 3 is 2.61 bits per heavy atom. The van der Waals surface area contributed by atoms with E-state index in [1.807, 2.05) is 47.4 Å². The third kappa shape index (κ3) is 5.02. The van der Waals surface area contributed by atoms with E-state index in [2.05, 4.69) is 11.0 Å². The second kappa shape index (κ2) is 9.71. The topological polar surface area (TPSA) is 62.2 Å². The first-order valence-corrected chi connectivity index (χ1v) is 11.1. The maximum atomic E-state index is 13.2. The number of ether oxygens (including phenoxy) is 2. The molecule has 2 saturated heterocycles. The summed E-state index contributed by atoms with van der Waals surface area (Å²) >= 11 is 0. The van der Waals surface area contributed by atoms with E-state index in [0.717, 1.165) is 69.1 Å². The Hall–Kier alpha value is -2.57. The number of piperidine rings is 1. The number of likely N-dealkylation sites (tertiary alicyclic amines) is 1. The molecule has 31 heavy (non-hydrogen) atoms. The van der Waals surface area contributed by atoms with Crippen molar-refractivity contribution in [1.82, 2.24) is 4.90 Å². The highest BCUT2D eigenvalue weighted by atomic mass is 16.5. The highest BCUT2D eigenvalue weighted by Crippen LogP contribution is 2.35. The van der Waals surface area contributed by atoms with Gasteiger partial charge in [0.15, 0.2) is 0 Å². The molecule has 4 rings (SSSR count). The molecule has 1 amide bonds. The maximum absolute atomic E-state index is 13.2. The van der Waals surface area contributed by atoms with Gasteiger partial charge in [-0.25, -0.2) is 0 Å². The van der Waals surface area contributed by atoms with E-state index in [0.29, 0.717) is 12.1 Å². The number of amides is 1. The lowest BCUT2D eigenvalue weighted by Gasteiger charge is -2.42. The molecule has 1 N–H and O–H groups in total. The monoisotopic (exact) mass is 424 g/mol. The number of morpholine rings is 1. The molecule has 2 aromatic carbocycles.